The van der Waals surface area contributed by atoms with Crippen molar-refractivity contribution in [3.05, 3.63) is 24.3 Å². The standard InChI is InChI=1S/C11H8F7NO2S/c12-9(13,10(14,15)16)11(17,18)22-7-4-2-1-3-6(7)19-5-8(20)21/h1-4,19H,5H2,(H,20,21). The van der Waals surface area contributed by atoms with Crippen LogP contribution >= 0.6 is 11.8 Å². The molecule has 0 aromatic heterocycles. The summed E-state index contributed by atoms with van der Waals surface area (Å²) in [4.78, 5) is 9.73. The lowest BCUT2D eigenvalue weighted by Crippen LogP contribution is -2.49. The lowest BCUT2D eigenvalue weighted by molar-refractivity contribution is -0.330. The lowest BCUT2D eigenvalue weighted by Gasteiger charge is -2.28. The Morgan fingerprint density at radius 2 is 1.64 bits per heavy atom. The molecular formula is C11H8F7NO2S. The van der Waals surface area contributed by atoms with Gasteiger partial charge in [-0.15, -0.1) is 0 Å². The van der Waals surface area contributed by atoms with Crippen LogP contribution in [-0.2, 0) is 4.79 Å². The van der Waals surface area contributed by atoms with Crippen molar-refractivity contribution in [2.75, 3.05) is 11.9 Å². The highest BCUT2D eigenvalue weighted by Crippen LogP contribution is 2.54. The molecule has 0 saturated heterocycles. The first-order chi connectivity index (χ1) is 9.88. The van der Waals surface area contributed by atoms with E-state index in [9.17, 15) is 35.5 Å². The lowest BCUT2D eigenvalue weighted by atomic mass is 10.3. The average molecular weight is 351 g/mol. The maximum absolute atomic E-state index is 13.3. The third-order valence-corrected chi connectivity index (χ3v) is 3.37. The highest BCUT2D eigenvalue weighted by molar-refractivity contribution is 8.00. The number of aliphatic carboxylic acids is 1. The largest absolute Gasteiger partial charge is 0.480 e. The molecule has 1 aromatic rings. The van der Waals surface area contributed by atoms with Crippen LogP contribution in [0, 0.1) is 0 Å². The normalized spacial score (nSPS) is 13.0. The van der Waals surface area contributed by atoms with E-state index in [-0.39, 0.29) is 5.69 Å². The molecule has 124 valence electrons. The number of hydrogen-bond acceptors (Lipinski definition) is 3. The molecule has 0 unspecified atom stereocenters. The minimum atomic E-state index is -6.42. The van der Waals surface area contributed by atoms with Crippen molar-refractivity contribution in [1.82, 2.24) is 0 Å². The van der Waals surface area contributed by atoms with E-state index < -0.39 is 46.5 Å². The van der Waals surface area contributed by atoms with Crippen LogP contribution in [0.5, 0.6) is 0 Å². The van der Waals surface area contributed by atoms with Crippen molar-refractivity contribution >= 4 is 23.4 Å². The molecule has 0 bridgehead atoms. The van der Waals surface area contributed by atoms with Gasteiger partial charge >= 0.3 is 23.3 Å². The summed E-state index contributed by atoms with van der Waals surface area (Å²) in [6.07, 6.45) is -6.42. The number of halogens is 7. The van der Waals surface area contributed by atoms with Crippen LogP contribution in [0.4, 0.5) is 36.4 Å². The van der Waals surface area contributed by atoms with Crippen LogP contribution in [0.25, 0.3) is 0 Å². The van der Waals surface area contributed by atoms with Gasteiger partial charge in [0.2, 0.25) is 0 Å². The van der Waals surface area contributed by atoms with Gasteiger partial charge in [-0.3, -0.25) is 4.79 Å². The molecule has 1 rings (SSSR count). The highest BCUT2D eigenvalue weighted by Gasteiger charge is 2.73. The monoisotopic (exact) mass is 351 g/mol. The van der Waals surface area contributed by atoms with E-state index in [4.69, 9.17) is 5.11 Å². The Morgan fingerprint density at radius 1 is 1.09 bits per heavy atom. The highest BCUT2D eigenvalue weighted by atomic mass is 32.2. The van der Waals surface area contributed by atoms with E-state index in [1.54, 1.807) is 0 Å². The average Bonchev–Trinajstić information content (AvgIpc) is 2.35. The maximum atomic E-state index is 13.3. The van der Waals surface area contributed by atoms with E-state index in [0.29, 0.717) is 0 Å². The third kappa shape index (κ3) is 3.96. The number of nitrogens with one attached hydrogen (secondary N) is 1. The minimum absolute atomic E-state index is 0.299. The molecule has 2 N–H and O–H groups in total. The number of thioether (sulfide) groups is 1. The van der Waals surface area contributed by atoms with Crippen LogP contribution in [0.1, 0.15) is 0 Å². The van der Waals surface area contributed by atoms with Crippen molar-refractivity contribution in [2.45, 2.75) is 22.2 Å². The number of benzene rings is 1. The van der Waals surface area contributed by atoms with Gasteiger partial charge in [0.1, 0.15) is 6.54 Å². The summed E-state index contributed by atoms with van der Waals surface area (Å²) in [5.41, 5.74) is -0.299. The fourth-order valence-corrected chi connectivity index (χ4v) is 2.16. The summed E-state index contributed by atoms with van der Waals surface area (Å²) in [7, 11) is 0. The van der Waals surface area contributed by atoms with Crippen LogP contribution in [0.3, 0.4) is 0 Å². The second-order valence-electron chi connectivity index (χ2n) is 3.93. The Kier molecular flexibility index (Phi) is 5.21. The molecule has 0 aliphatic heterocycles. The molecule has 0 radical (unpaired) electrons. The van der Waals surface area contributed by atoms with E-state index in [2.05, 4.69) is 5.32 Å². The van der Waals surface area contributed by atoms with Crippen molar-refractivity contribution in [3.8, 4) is 0 Å². The van der Waals surface area contributed by atoms with E-state index in [1.165, 1.54) is 6.07 Å². The van der Waals surface area contributed by atoms with Gasteiger partial charge in [0, 0.05) is 10.6 Å². The molecule has 0 fully saturated rings. The summed E-state index contributed by atoms with van der Waals surface area (Å²) in [6.45, 7) is -0.723. The van der Waals surface area contributed by atoms with Crippen molar-refractivity contribution in [1.29, 1.82) is 0 Å². The molecule has 0 amide bonds. The topological polar surface area (TPSA) is 49.3 Å². The van der Waals surface area contributed by atoms with Gasteiger partial charge in [0.25, 0.3) is 0 Å². The summed E-state index contributed by atoms with van der Waals surface area (Å²) in [5.74, 6) is -7.61. The molecule has 3 nitrogen and oxygen atoms in total. The summed E-state index contributed by atoms with van der Waals surface area (Å²) < 4.78 is 88.4. The number of rotatable bonds is 6. The molecule has 0 saturated carbocycles. The number of carboxylic acid groups (broad SMARTS) is 1. The molecule has 0 aliphatic rings. The zero-order valence-electron chi connectivity index (χ0n) is 10.4. The van der Waals surface area contributed by atoms with Gasteiger partial charge in [0.05, 0.1) is 0 Å². The SMILES string of the molecule is O=C(O)CNc1ccccc1SC(F)(F)C(F)(F)C(F)(F)F. The van der Waals surface area contributed by atoms with Crippen LogP contribution < -0.4 is 5.32 Å². The summed E-state index contributed by atoms with van der Waals surface area (Å²) >= 11 is -1.00. The third-order valence-electron chi connectivity index (χ3n) is 2.28. The number of para-hydroxylation sites is 1. The van der Waals surface area contributed by atoms with Gasteiger partial charge in [-0.1, -0.05) is 12.1 Å². The van der Waals surface area contributed by atoms with Gasteiger partial charge in [-0.05, 0) is 23.9 Å². The predicted molar refractivity (Wildman–Crippen MR) is 64.4 cm³/mol. The maximum Gasteiger partial charge on any atom is 0.460 e. The molecular weight excluding hydrogens is 343 g/mol. The smallest absolute Gasteiger partial charge is 0.460 e. The molecule has 0 heterocycles. The Hall–Kier alpha value is -1.65. The zero-order valence-corrected chi connectivity index (χ0v) is 11.2. The van der Waals surface area contributed by atoms with Crippen molar-refractivity contribution < 1.29 is 40.6 Å². The number of anilines is 1. The fourth-order valence-electron chi connectivity index (χ4n) is 1.24. The second-order valence-corrected chi connectivity index (χ2v) is 5.09. The van der Waals surface area contributed by atoms with Crippen LogP contribution in [0.2, 0.25) is 0 Å². The van der Waals surface area contributed by atoms with Crippen molar-refractivity contribution in [2.24, 2.45) is 0 Å². The number of carboxylic acids is 1. The molecule has 0 atom stereocenters. The van der Waals surface area contributed by atoms with Gasteiger partial charge in [-0.25, -0.2) is 0 Å². The van der Waals surface area contributed by atoms with Gasteiger partial charge in [-0.2, -0.15) is 30.7 Å². The second kappa shape index (κ2) is 6.23. The quantitative estimate of drug-likeness (QED) is 0.599. The van der Waals surface area contributed by atoms with Crippen LogP contribution in [0.15, 0.2) is 29.2 Å². The number of carbonyl (C=O) groups is 1. The first-order valence-electron chi connectivity index (χ1n) is 5.44. The van der Waals surface area contributed by atoms with Gasteiger partial charge < -0.3 is 10.4 Å². The predicted octanol–water partition coefficient (Wildman–Crippen LogP) is 4.07. The Labute approximate surface area is 123 Å². The summed E-state index contributed by atoms with van der Waals surface area (Å²) in [5, 5.41) is 5.13. The molecule has 11 heteroatoms. The Balaban J connectivity index is 3.06. The molecule has 1 aromatic carbocycles. The van der Waals surface area contributed by atoms with E-state index in [1.807, 2.05) is 0 Å². The minimum Gasteiger partial charge on any atom is -0.480 e. The summed E-state index contributed by atoms with van der Waals surface area (Å²) in [6, 6.07) is 4.35. The van der Waals surface area contributed by atoms with Crippen molar-refractivity contribution in [3.63, 3.8) is 0 Å². The molecule has 22 heavy (non-hydrogen) atoms. The Morgan fingerprint density at radius 3 is 2.14 bits per heavy atom. The van der Waals surface area contributed by atoms with E-state index in [0.717, 1.165) is 18.2 Å². The Bertz CT molecular complexity index is 547. The fraction of sp³-hybridized carbons (Fsp3) is 0.364. The first-order valence-corrected chi connectivity index (χ1v) is 6.26. The zero-order chi connectivity index (χ0) is 17.2. The van der Waals surface area contributed by atoms with E-state index >= 15 is 0 Å². The van der Waals surface area contributed by atoms with Gasteiger partial charge in [0.15, 0.2) is 0 Å². The number of hydrogen-bond donors (Lipinski definition) is 2. The number of alkyl halides is 7. The molecule has 0 spiro atoms. The first kappa shape index (κ1) is 18.4. The van der Waals surface area contributed by atoms with Crippen LogP contribution in [-0.4, -0.2) is 35.0 Å². The molecule has 0 aliphatic carbocycles.